The Morgan fingerprint density at radius 3 is 2.45 bits per heavy atom. The highest BCUT2D eigenvalue weighted by Crippen LogP contribution is 2.34. The van der Waals surface area contributed by atoms with Crippen LogP contribution in [0.15, 0.2) is 23.2 Å². The van der Waals surface area contributed by atoms with Crippen LogP contribution in [0.2, 0.25) is 0 Å². The maximum atomic E-state index is 13.4. The summed E-state index contributed by atoms with van der Waals surface area (Å²) in [5, 5.41) is 6.51. The molecule has 0 atom stereocenters. The number of hydrogen-bond donors (Lipinski definition) is 2. The van der Waals surface area contributed by atoms with Crippen molar-refractivity contribution in [1.82, 2.24) is 15.5 Å². The SMILES string of the molecule is CCNC(=NCc1ccc(OC)cc1C(F)(F)F)NC1CCN(C(C)C)CC1.I. The van der Waals surface area contributed by atoms with Gasteiger partial charge >= 0.3 is 6.18 Å². The van der Waals surface area contributed by atoms with E-state index >= 15 is 0 Å². The fourth-order valence-corrected chi connectivity index (χ4v) is 3.32. The zero-order valence-electron chi connectivity index (χ0n) is 17.5. The lowest BCUT2D eigenvalue weighted by molar-refractivity contribution is -0.138. The monoisotopic (exact) mass is 528 g/mol. The molecule has 0 aliphatic carbocycles. The summed E-state index contributed by atoms with van der Waals surface area (Å²) in [6.07, 6.45) is -2.48. The molecule has 1 saturated heterocycles. The number of ether oxygens (including phenoxy) is 1. The molecular weight excluding hydrogens is 496 g/mol. The number of piperidine rings is 1. The number of benzene rings is 1. The van der Waals surface area contributed by atoms with E-state index in [0.717, 1.165) is 32.0 Å². The molecule has 0 unspecified atom stereocenters. The molecule has 0 amide bonds. The number of guanidine groups is 1. The third kappa shape index (κ3) is 7.84. The van der Waals surface area contributed by atoms with Crippen LogP contribution in [0.4, 0.5) is 13.2 Å². The van der Waals surface area contributed by atoms with E-state index in [1.54, 1.807) is 0 Å². The first-order chi connectivity index (χ1) is 13.2. The number of nitrogens with zero attached hydrogens (tertiary/aromatic N) is 2. The van der Waals surface area contributed by atoms with Crippen LogP contribution < -0.4 is 15.4 Å². The molecule has 5 nitrogen and oxygen atoms in total. The first-order valence-corrected chi connectivity index (χ1v) is 9.77. The van der Waals surface area contributed by atoms with E-state index in [9.17, 15) is 13.2 Å². The summed E-state index contributed by atoms with van der Waals surface area (Å²) in [7, 11) is 1.35. The van der Waals surface area contributed by atoms with E-state index in [-0.39, 0.29) is 47.9 Å². The van der Waals surface area contributed by atoms with Gasteiger partial charge in [-0.3, -0.25) is 0 Å². The molecule has 1 heterocycles. The van der Waals surface area contributed by atoms with E-state index in [2.05, 4.69) is 34.4 Å². The average Bonchev–Trinajstić information content (AvgIpc) is 2.66. The maximum Gasteiger partial charge on any atom is 0.416 e. The van der Waals surface area contributed by atoms with E-state index in [4.69, 9.17) is 4.74 Å². The molecule has 2 N–H and O–H groups in total. The smallest absolute Gasteiger partial charge is 0.416 e. The van der Waals surface area contributed by atoms with E-state index in [1.807, 2.05) is 6.92 Å². The molecule has 0 radical (unpaired) electrons. The molecular formula is C20H32F3IN4O. The highest BCUT2D eigenvalue weighted by atomic mass is 127. The fraction of sp³-hybridized carbons (Fsp3) is 0.650. The van der Waals surface area contributed by atoms with Crippen molar-refractivity contribution in [1.29, 1.82) is 0 Å². The van der Waals surface area contributed by atoms with Crippen molar-refractivity contribution in [3.05, 3.63) is 29.3 Å². The minimum atomic E-state index is -4.45. The zero-order valence-corrected chi connectivity index (χ0v) is 19.8. The third-order valence-corrected chi connectivity index (χ3v) is 4.97. The molecule has 1 fully saturated rings. The summed E-state index contributed by atoms with van der Waals surface area (Å²) in [5.74, 6) is 0.733. The van der Waals surface area contributed by atoms with Gasteiger partial charge in [0.25, 0.3) is 0 Å². The molecule has 0 bridgehead atoms. The molecule has 2 rings (SSSR count). The number of hydrogen-bond acceptors (Lipinski definition) is 3. The minimum absolute atomic E-state index is 0. The molecule has 1 aromatic carbocycles. The first-order valence-electron chi connectivity index (χ1n) is 9.77. The predicted octanol–water partition coefficient (Wildman–Crippen LogP) is 4.26. The van der Waals surface area contributed by atoms with Crippen molar-refractivity contribution in [3.8, 4) is 5.75 Å². The van der Waals surface area contributed by atoms with Crippen LogP contribution in [0.5, 0.6) is 5.75 Å². The van der Waals surface area contributed by atoms with Crippen molar-refractivity contribution in [3.63, 3.8) is 0 Å². The minimum Gasteiger partial charge on any atom is -0.497 e. The molecule has 0 aromatic heterocycles. The van der Waals surface area contributed by atoms with Crippen molar-refractivity contribution in [2.75, 3.05) is 26.7 Å². The lowest BCUT2D eigenvalue weighted by Gasteiger charge is -2.35. The highest BCUT2D eigenvalue weighted by molar-refractivity contribution is 14.0. The van der Waals surface area contributed by atoms with Crippen LogP contribution in [0, 0.1) is 0 Å². The number of alkyl halides is 3. The summed E-state index contributed by atoms with van der Waals surface area (Å²) in [4.78, 5) is 6.83. The molecule has 1 aliphatic heterocycles. The van der Waals surface area contributed by atoms with Crippen molar-refractivity contribution < 1.29 is 17.9 Å². The van der Waals surface area contributed by atoms with E-state index < -0.39 is 11.7 Å². The fourth-order valence-electron chi connectivity index (χ4n) is 3.32. The van der Waals surface area contributed by atoms with E-state index in [1.165, 1.54) is 19.2 Å². The second-order valence-electron chi connectivity index (χ2n) is 7.26. The number of methoxy groups -OCH3 is 1. The lowest BCUT2D eigenvalue weighted by Crippen LogP contribution is -2.49. The van der Waals surface area contributed by atoms with Gasteiger partial charge in [0.2, 0.25) is 0 Å². The van der Waals surface area contributed by atoms with Crippen molar-refractivity contribution in [2.45, 2.75) is 58.4 Å². The van der Waals surface area contributed by atoms with Gasteiger partial charge in [0.1, 0.15) is 5.75 Å². The standard InChI is InChI=1S/C20H31F3N4O.HI/c1-5-24-19(26-16-8-10-27(11-9-16)14(2)3)25-13-15-6-7-17(28-4)12-18(15)20(21,22)23;/h6-7,12,14,16H,5,8-11,13H2,1-4H3,(H2,24,25,26);1H. The highest BCUT2D eigenvalue weighted by Gasteiger charge is 2.33. The van der Waals surface area contributed by atoms with Gasteiger partial charge in [0.05, 0.1) is 19.2 Å². The van der Waals surface area contributed by atoms with E-state index in [0.29, 0.717) is 18.5 Å². The van der Waals surface area contributed by atoms with Crippen LogP contribution in [0.25, 0.3) is 0 Å². The number of aliphatic imine (C=N–C) groups is 1. The Morgan fingerprint density at radius 2 is 1.93 bits per heavy atom. The lowest BCUT2D eigenvalue weighted by atomic mass is 10.0. The van der Waals surface area contributed by atoms with Gasteiger partial charge in [-0.05, 0) is 51.3 Å². The second-order valence-corrected chi connectivity index (χ2v) is 7.26. The normalized spacial score (nSPS) is 16.5. The Labute approximate surface area is 188 Å². The van der Waals surface area contributed by atoms with Crippen LogP contribution in [0.3, 0.4) is 0 Å². The van der Waals surface area contributed by atoms with Gasteiger partial charge in [-0.1, -0.05) is 6.07 Å². The number of halogens is 4. The summed E-state index contributed by atoms with van der Waals surface area (Å²) in [6.45, 7) is 8.91. The van der Waals surface area contributed by atoms with Crippen LogP contribution in [0.1, 0.15) is 44.7 Å². The molecule has 166 valence electrons. The topological polar surface area (TPSA) is 48.9 Å². The Hall–Kier alpha value is -1.23. The average molecular weight is 528 g/mol. The number of nitrogens with one attached hydrogen (secondary N) is 2. The molecule has 0 saturated carbocycles. The van der Waals surface area contributed by atoms with Crippen LogP contribution >= 0.6 is 24.0 Å². The Morgan fingerprint density at radius 1 is 1.28 bits per heavy atom. The summed E-state index contributed by atoms with van der Waals surface area (Å²) in [5.41, 5.74) is -0.586. The molecule has 0 spiro atoms. The Bertz CT molecular complexity index is 660. The van der Waals surface area contributed by atoms with Gasteiger partial charge in [-0.25, -0.2) is 4.99 Å². The first kappa shape index (κ1) is 25.8. The molecule has 9 heteroatoms. The Kier molecular flexibility index (Phi) is 10.5. The van der Waals surface area contributed by atoms with Gasteiger partial charge in [-0.2, -0.15) is 13.2 Å². The van der Waals surface area contributed by atoms with Crippen LogP contribution in [-0.4, -0.2) is 49.7 Å². The molecule has 29 heavy (non-hydrogen) atoms. The van der Waals surface area contributed by atoms with Crippen molar-refractivity contribution >= 4 is 29.9 Å². The number of rotatable bonds is 6. The van der Waals surface area contributed by atoms with Gasteiger partial charge in [-0.15, -0.1) is 24.0 Å². The summed E-state index contributed by atoms with van der Waals surface area (Å²) in [6, 6.07) is 4.77. The van der Waals surface area contributed by atoms with Gasteiger partial charge < -0.3 is 20.3 Å². The zero-order chi connectivity index (χ0) is 20.7. The van der Waals surface area contributed by atoms with Crippen molar-refractivity contribution in [2.24, 2.45) is 4.99 Å². The largest absolute Gasteiger partial charge is 0.497 e. The predicted molar refractivity (Wildman–Crippen MR) is 121 cm³/mol. The van der Waals surface area contributed by atoms with Gasteiger partial charge in [0.15, 0.2) is 5.96 Å². The summed E-state index contributed by atoms with van der Waals surface area (Å²) >= 11 is 0. The maximum absolute atomic E-state index is 13.4. The third-order valence-electron chi connectivity index (χ3n) is 4.97. The summed E-state index contributed by atoms with van der Waals surface area (Å²) < 4.78 is 45.0. The second kappa shape index (κ2) is 11.8. The molecule has 1 aliphatic rings. The molecule has 1 aromatic rings. The number of likely N-dealkylation sites (tertiary alicyclic amines) is 1. The van der Waals surface area contributed by atoms with Gasteiger partial charge in [0, 0.05) is 31.7 Å². The quantitative estimate of drug-likeness (QED) is 0.329. The van der Waals surface area contributed by atoms with Crippen LogP contribution in [-0.2, 0) is 12.7 Å². The Balaban J connectivity index is 0.00000420.